The summed E-state index contributed by atoms with van der Waals surface area (Å²) >= 11 is 0. The number of fused-ring (bicyclic) bond motifs is 1. The van der Waals surface area contributed by atoms with Crippen molar-refractivity contribution in [1.82, 2.24) is 19.9 Å². The first kappa shape index (κ1) is 20.0. The van der Waals surface area contributed by atoms with Gasteiger partial charge in [-0.3, -0.25) is 4.79 Å². The van der Waals surface area contributed by atoms with Crippen molar-refractivity contribution < 1.29 is 9.18 Å². The predicted octanol–water partition coefficient (Wildman–Crippen LogP) is 4.60. The molecule has 0 spiro atoms. The second-order valence-electron chi connectivity index (χ2n) is 7.83. The first-order valence-electron chi connectivity index (χ1n) is 9.71. The van der Waals surface area contributed by atoms with E-state index in [2.05, 4.69) is 42.6 Å². The van der Waals surface area contributed by atoms with Gasteiger partial charge in [0, 0.05) is 12.2 Å². The molecule has 0 saturated carbocycles. The van der Waals surface area contributed by atoms with Gasteiger partial charge in [-0.05, 0) is 56.0 Å². The van der Waals surface area contributed by atoms with Gasteiger partial charge in [0.05, 0.1) is 12.5 Å². The molecule has 3 aromatic rings. The Hall–Kier alpha value is -2.76. The molecule has 0 radical (unpaired) electrons. The molecule has 0 aliphatic heterocycles. The number of aromatic nitrogens is 3. The molecule has 3 rings (SSSR count). The summed E-state index contributed by atoms with van der Waals surface area (Å²) in [6.07, 6.45) is 2.73. The third kappa shape index (κ3) is 4.55. The molecule has 0 aliphatic rings. The van der Waals surface area contributed by atoms with Crippen molar-refractivity contribution in [2.24, 2.45) is 5.92 Å². The number of hydrogen-bond donors (Lipinski definition) is 1. The van der Waals surface area contributed by atoms with Crippen molar-refractivity contribution in [3.63, 3.8) is 0 Å². The molecule has 0 aliphatic carbocycles. The van der Waals surface area contributed by atoms with Gasteiger partial charge in [0.1, 0.15) is 17.2 Å². The Morgan fingerprint density at radius 1 is 1.14 bits per heavy atom. The van der Waals surface area contributed by atoms with E-state index in [4.69, 9.17) is 4.98 Å². The normalized spacial score (nSPS) is 12.7. The van der Waals surface area contributed by atoms with Crippen molar-refractivity contribution in [3.05, 3.63) is 59.8 Å². The number of hydrogen-bond acceptors (Lipinski definition) is 3. The number of pyridine rings is 1. The van der Waals surface area contributed by atoms with E-state index in [0.717, 1.165) is 29.0 Å². The van der Waals surface area contributed by atoms with Gasteiger partial charge in [-0.1, -0.05) is 26.0 Å². The van der Waals surface area contributed by atoms with Gasteiger partial charge in [-0.15, -0.1) is 0 Å². The van der Waals surface area contributed by atoms with Gasteiger partial charge in [-0.25, -0.2) is 14.4 Å². The van der Waals surface area contributed by atoms with E-state index in [-0.39, 0.29) is 30.2 Å². The van der Waals surface area contributed by atoms with Gasteiger partial charge >= 0.3 is 0 Å². The summed E-state index contributed by atoms with van der Waals surface area (Å²) in [5, 5.41) is 3.14. The number of carbonyl (C=O) groups excluding carboxylic acids is 1. The standard InChI is InChI=1S/C22H27FN4O/c1-14(2)12-19(25-20(28)13-16-7-9-17(23)10-8-16)22-26-18-6-5-11-24-21(18)27(22)15(3)4/h5-11,14-15,19H,12-13H2,1-4H3,(H,25,28). The van der Waals surface area contributed by atoms with Gasteiger partial charge in [-0.2, -0.15) is 0 Å². The second kappa shape index (κ2) is 8.50. The van der Waals surface area contributed by atoms with Crippen LogP contribution in [0.1, 0.15) is 57.6 Å². The summed E-state index contributed by atoms with van der Waals surface area (Å²) < 4.78 is 15.2. The molecule has 1 amide bonds. The molecule has 6 heteroatoms. The van der Waals surface area contributed by atoms with Crippen molar-refractivity contribution >= 4 is 17.1 Å². The molecular weight excluding hydrogens is 355 g/mol. The zero-order valence-corrected chi connectivity index (χ0v) is 16.8. The van der Waals surface area contributed by atoms with Crippen LogP contribution in [-0.4, -0.2) is 20.4 Å². The largest absolute Gasteiger partial charge is 0.346 e. The predicted molar refractivity (Wildman–Crippen MR) is 108 cm³/mol. The van der Waals surface area contributed by atoms with E-state index in [9.17, 15) is 9.18 Å². The summed E-state index contributed by atoms with van der Waals surface area (Å²) in [4.78, 5) is 22.0. The highest BCUT2D eigenvalue weighted by Gasteiger charge is 2.24. The zero-order valence-electron chi connectivity index (χ0n) is 16.8. The Bertz CT molecular complexity index is 947. The van der Waals surface area contributed by atoms with Crippen molar-refractivity contribution in [2.45, 2.75) is 52.6 Å². The van der Waals surface area contributed by atoms with Crippen LogP contribution in [0.5, 0.6) is 0 Å². The van der Waals surface area contributed by atoms with Crippen LogP contribution >= 0.6 is 0 Å². The molecular formula is C22H27FN4O. The lowest BCUT2D eigenvalue weighted by Gasteiger charge is -2.23. The second-order valence-corrected chi connectivity index (χ2v) is 7.83. The van der Waals surface area contributed by atoms with Gasteiger partial charge in [0.2, 0.25) is 5.91 Å². The fourth-order valence-corrected chi connectivity index (χ4v) is 3.44. The van der Waals surface area contributed by atoms with E-state index in [1.165, 1.54) is 12.1 Å². The molecule has 1 unspecified atom stereocenters. The molecule has 28 heavy (non-hydrogen) atoms. The highest BCUT2D eigenvalue weighted by molar-refractivity contribution is 5.79. The van der Waals surface area contributed by atoms with Crippen LogP contribution in [0, 0.1) is 11.7 Å². The lowest BCUT2D eigenvalue weighted by atomic mass is 10.0. The molecule has 2 heterocycles. The lowest BCUT2D eigenvalue weighted by Crippen LogP contribution is -2.33. The molecule has 1 N–H and O–H groups in total. The number of nitrogens with one attached hydrogen (secondary N) is 1. The Morgan fingerprint density at radius 2 is 1.86 bits per heavy atom. The minimum absolute atomic E-state index is 0.104. The van der Waals surface area contributed by atoms with Gasteiger partial charge < -0.3 is 9.88 Å². The SMILES string of the molecule is CC(C)CC(NC(=O)Cc1ccc(F)cc1)c1nc2cccnc2n1C(C)C. The Balaban J connectivity index is 1.90. The Labute approximate surface area is 165 Å². The number of rotatable bonds is 7. The number of imidazole rings is 1. The molecule has 0 fully saturated rings. The Kier molecular flexibility index (Phi) is 6.07. The van der Waals surface area contributed by atoms with E-state index in [1.807, 2.05) is 12.1 Å². The quantitative estimate of drug-likeness (QED) is 0.650. The van der Waals surface area contributed by atoms with Crippen molar-refractivity contribution in [2.75, 3.05) is 0 Å². The van der Waals surface area contributed by atoms with Crippen molar-refractivity contribution in [1.29, 1.82) is 0 Å². The summed E-state index contributed by atoms with van der Waals surface area (Å²) in [7, 11) is 0. The number of carbonyl (C=O) groups is 1. The molecule has 1 atom stereocenters. The molecule has 0 saturated heterocycles. The van der Waals surface area contributed by atoms with E-state index in [1.54, 1.807) is 18.3 Å². The average molecular weight is 382 g/mol. The number of nitrogens with zero attached hydrogens (tertiary/aromatic N) is 3. The summed E-state index contributed by atoms with van der Waals surface area (Å²) in [6, 6.07) is 9.78. The minimum Gasteiger partial charge on any atom is -0.346 e. The van der Waals surface area contributed by atoms with Crippen LogP contribution in [0.4, 0.5) is 4.39 Å². The first-order valence-corrected chi connectivity index (χ1v) is 9.71. The van der Waals surface area contributed by atoms with Gasteiger partial charge in [0.15, 0.2) is 5.65 Å². The number of benzene rings is 1. The third-order valence-corrected chi connectivity index (χ3v) is 4.62. The number of halogens is 1. The third-order valence-electron chi connectivity index (χ3n) is 4.62. The average Bonchev–Trinajstić information content (AvgIpc) is 3.02. The summed E-state index contributed by atoms with van der Waals surface area (Å²) in [5.41, 5.74) is 2.43. The smallest absolute Gasteiger partial charge is 0.225 e. The van der Waals surface area contributed by atoms with E-state index < -0.39 is 0 Å². The zero-order chi connectivity index (χ0) is 20.3. The molecule has 5 nitrogen and oxygen atoms in total. The minimum atomic E-state index is -0.306. The van der Waals surface area contributed by atoms with E-state index >= 15 is 0 Å². The van der Waals surface area contributed by atoms with Crippen LogP contribution in [0.15, 0.2) is 42.6 Å². The number of amides is 1. The maximum Gasteiger partial charge on any atom is 0.225 e. The highest BCUT2D eigenvalue weighted by atomic mass is 19.1. The maximum absolute atomic E-state index is 13.1. The van der Waals surface area contributed by atoms with Gasteiger partial charge in [0.25, 0.3) is 0 Å². The Morgan fingerprint density at radius 3 is 2.50 bits per heavy atom. The fraction of sp³-hybridized carbons (Fsp3) is 0.409. The maximum atomic E-state index is 13.1. The highest BCUT2D eigenvalue weighted by Crippen LogP contribution is 2.27. The lowest BCUT2D eigenvalue weighted by molar-refractivity contribution is -0.121. The topological polar surface area (TPSA) is 59.8 Å². The molecule has 1 aromatic carbocycles. The first-order chi connectivity index (χ1) is 13.3. The monoisotopic (exact) mass is 382 g/mol. The molecule has 148 valence electrons. The van der Waals surface area contributed by atoms with Crippen LogP contribution in [0.2, 0.25) is 0 Å². The van der Waals surface area contributed by atoms with Crippen LogP contribution in [-0.2, 0) is 11.2 Å². The summed E-state index contributed by atoms with van der Waals surface area (Å²) in [6.45, 7) is 8.43. The van der Waals surface area contributed by atoms with E-state index in [0.29, 0.717) is 5.92 Å². The van der Waals surface area contributed by atoms with Crippen molar-refractivity contribution in [3.8, 4) is 0 Å². The van der Waals surface area contributed by atoms with Crippen LogP contribution in [0.25, 0.3) is 11.2 Å². The molecule has 0 bridgehead atoms. The summed E-state index contributed by atoms with van der Waals surface area (Å²) in [5.74, 6) is 0.793. The fourth-order valence-electron chi connectivity index (χ4n) is 3.44. The van der Waals surface area contributed by atoms with Crippen LogP contribution in [0.3, 0.4) is 0 Å². The van der Waals surface area contributed by atoms with Crippen LogP contribution < -0.4 is 5.32 Å². The molecule has 2 aromatic heterocycles.